The molecular weight excluding hydrogens is 212 g/mol. The first-order valence-corrected chi connectivity index (χ1v) is 5.88. The van der Waals surface area contributed by atoms with E-state index in [0.717, 1.165) is 31.6 Å². The third-order valence-corrected chi connectivity index (χ3v) is 2.40. The van der Waals surface area contributed by atoms with Crippen molar-refractivity contribution in [2.75, 3.05) is 13.2 Å². The SMILES string of the molecule is C=COCCCCOCc1ccc(C=C)cc1. The molecule has 0 radical (unpaired) electrons. The predicted molar refractivity (Wildman–Crippen MR) is 71.6 cm³/mol. The standard InChI is InChI=1S/C15H20O2/c1-3-14-7-9-15(10-8-14)13-17-12-6-5-11-16-4-2/h3-4,7-10H,1-2,5-6,11-13H2. The molecule has 2 nitrogen and oxygen atoms in total. The van der Waals surface area contributed by atoms with E-state index in [2.05, 4.69) is 25.3 Å². The van der Waals surface area contributed by atoms with E-state index in [-0.39, 0.29) is 0 Å². The molecule has 0 fully saturated rings. The molecule has 0 N–H and O–H groups in total. The van der Waals surface area contributed by atoms with Gasteiger partial charge in [-0.2, -0.15) is 0 Å². The summed E-state index contributed by atoms with van der Waals surface area (Å²) in [5, 5.41) is 0. The van der Waals surface area contributed by atoms with Crippen LogP contribution in [0.4, 0.5) is 0 Å². The summed E-state index contributed by atoms with van der Waals surface area (Å²) in [7, 11) is 0. The fraction of sp³-hybridized carbons (Fsp3) is 0.333. The van der Waals surface area contributed by atoms with E-state index in [1.54, 1.807) is 0 Å². The second kappa shape index (κ2) is 8.59. The molecule has 0 atom stereocenters. The van der Waals surface area contributed by atoms with Crippen LogP contribution in [0, 0.1) is 0 Å². The molecule has 0 aliphatic heterocycles. The van der Waals surface area contributed by atoms with Crippen molar-refractivity contribution < 1.29 is 9.47 Å². The van der Waals surface area contributed by atoms with Crippen LogP contribution in [-0.4, -0.2) is 13.2 Å². The molecule has 0 saturated heterocycles. The molecule has 1 aromatic rings. The Labute approximate surface area is 104 Å². The minimum absolute atomic E-state index is 0.666. The minimum atomic E-state index is 0.666. The van der Waals surface area contributed by atoms with Crippen molar-refractivity contribution >= 4 is 6.08 Å². The summed E-state index contributed by atoms with van der Waals surface area (Å²) in [5.74, 6) is 0. The molecule has 0 unspecified atom stereocenters. The lowest BCUT2D eigenvalue weighted by atomic mass is 10.1. The van der Waals surface area contributed by atoms with Crippen molar-refractivity contribution in [3.63, 3.8) is 0 Å². The summed E-state index contributed by atoms with van der Waals surface area (Å²) in [6.45, 7) is 9.37. The molecule has 0 spiro atoms. The molecule has 0 aromatic heterocycles. The smallest absolute Gasteiger partial charge is 0.0873 e. The molecular formula is C15H20O2. The maximum absolute atomic E-state index is 5.57. The van der Waals surface area contributed by atoms with E-state index in [1.165, 1.54) is 11.8 Å². The molecule has 0 bridgehead atoms. The molecule has 1 aromatic carbocycles. The lowest BCUT2D eigenvalue weighted by Gasteiger charge is -2.05. The summed E-state index contributed by atoms with van der Waals surface area (Å²) in [5.41, 5.74) is 2.33. The Bertz CT molecular complexity index is 327. The van der Waals surface area contributed by atoms with Crippen molar-refractivity contribution in [2.45, 2.75) is 19.4 Å². The Hall–Kier alpha value is -1.54. The Morgan fingerprint density at radius 2 is 1.71 bits per heavy atom. The van der Waals surface area contributed by atoms with Crippen LogP contribution in [0.5, 0.6) is 0 Å². The maximum atomic E-state index is 5.57. The van der Waals surface area contributed by atoms with Gasteiger partial charge in [-0.3, -0.25) is 0 Å². The Morgan fingerprint density at radius 3 is 2.35 bits per heavy atom. The summed E-state index contributed by atoms with van der Waals surface area (Å²) < 4.78 is 10.6. The zero-order valence-electron chi connectivity index (χ0n) is 10.2. The van der Waals surface area contributed by atoms with Crippen molar-refractivity contribution in [2.24, 2.45) is 0 Å². The van der Waals surface area contributed by atoms with Crippen LogP contribution >= 0.6 is 0 Å². The quantitative estimate of drug-likeness (QED) is 0.476. The zero-order valence-corrected chi connectivity index (χ0v) is 10.2. The predicted octanol–water partition coefficient (Wildman–Crippen LogP) is 3.79. The second-order valence-corrected chi connectivity index (χ2v) is 3.74. The largest absolute Gasteiger partial charge is 0.502 e. The van der Waals surface area contributed by atoms with Crippen molar-refractivity contribution in [1.29, 1.82) is 0 Å². The molecule has 1 rings (SSSR count). The van der Waals surface area contributed by atoms with Gasteiger partial charge >= 0.3 is 0 Å². The van der Waals surface area contributed by atoms with Gasteiger partial charge in [0.15, 0.2) is 0 Å². The monoisotopic (exact) mass is 232 g/mol. The highest BCUT2D eigenvalue weighted by Crippen LogP contribution is 2.07. The zero-order chi connectivity index (χ0) is 12.3. The number of benzene rings is 1. The van der Waals surface area contributed by atoms with Gasteiger partial charge in [0, 0.05) is 6.61 Å². The third-order valence-electron chi connectivity index (χ3n) is 2.40. The normalized spacial score (nSPS) is 9.88. The van der Waals surface area contributed by atoms with Crippen LogP contribution in [0.3, 0.4) is 0 Å². The molecule has 0 aliphatic rings. The van der Waals surface area contributed by atoms with Gasteiger partial charge in [-0.15, -0.1) is 0 Å². The molecule has 0 amide bonds. The van der Waals surface area contributed by atoms with Gasteiger partial charge in [-0.1, -0.05) is 43.5 Å². The van der Waals surface area contributed by atoms with E-state index in [0.29, 0.717) is 6.61 Å². The van der Waals surface area contributed by atoms with Gasteiger partial charge in [0.2, 0.25) is 0 Å². The van der Waals surface area contributed by atoms with E-state index in [1.807, 2.05) is 18.2 Å². The van der Waals surface area contributed by atoms with Crippen LogP contribution in [-0.2, 0) is 16.1 Å². The first kappa shape index (κ1) is 13.5. The van der Waals surface area contributed by atoms with Crippen LogP contribution in [0.15, 0.2) is 43.7 Å². The lowest BCUT2D eigenvalue weighted by Crippen LogP contribution is -1.97. The average Bonchev–Trinajstić information content (AvgIpc) is 2.38. The van der Waals surface area contributed by atoms with Crippen LogP contribution in [0.25, 0.3) is 6.08 Å². The molecule has 0 aliphatic carbocycles. The molecule has 2 heteroatoms. The topological polar surface area (TPSA) is 18.5 Å². The number of hydrogen-bond acceptors (Lipinski definition) is 2. The van der Waals surface area contributed by atoms with Crippen LogP contribution in [0.1, 0.15) is 24.0 Å². The first-order chi connectivity index (χ1) is 8.36. The summed E-state index contributed by atoms with van der Waals surface area (Å²) in [6, 6.07) is 8.23. The van der Waals surface area contributed by atoms with Crippen LogP contribution in [0.2, 0.25) is 0 Å². The van der Waals surface area contributed by atoms with Crippen molar-refractivity contribution in [1.82, 2.24) is 0 Å². The van der Waals surface area contributed by atoms with E-state index >= 15 is 0 Å². The maximum Gasteiger partial charge on any atom is 0.0873 e. The van der Waals surface area contributed by atoms with Gasteiger partial charge < -0.3 is 9.47 Å². The Balaban J connectivity index is 2.09. The minimum Gasteiger partial charge on any atom is -0.502 e. The van der Waals surface area contributed by atoms with E-state index in [9.17, 15) is 0 Å². The van der Waals surface area contributed by atoms with E-state index in [4.69, 9.17) is 9.47 Å². The van der Waals surface area contributed by atoms with Gasteiger partial charge in [0.05, 0.1) is 19.5 Å². The fourth-order valence-electron chi connectivity index (χ4n) is 1.41. The van der Waals surface area contributed by atoms with E-state index < -0.39 is 0 Å². The lowest BCUT2D eigenvalue weighted by molar-refractivity contribution is 0.111. The summed E-state index contributed by atoms with van der Waals surface area (Å²) in [6.07, 6.45) is 5.33. The molecule has 0 saturated carbocycles. The summed E-state index contributed by atoms with van der Waals surface area (Å²) in [4.78, 5) is 0. The number of rotatable bonds is 9. The highest BCUT2D eigenvalue weighted by atomic mass is 16.5. The number of unbranched alkanes of at least 4 members (excludes halogenated alkanes) is 1. The van der Waals surface area contributed by atoms with Crippen LogP contribution < -0.4 is 0 Å². The second-order valence-electron chi connectivity index (χ2n) is 3.74. The molecule has 17 heavy (non-hydrogen) atoms. The fourth-order valence-corrected chi connectivity index (χ4v) is 1.41. The van der Waals surface area contributed by atoms with Crippen molar-refractivity contribution in [3.8, 4) is 0 Å². The van der Waals surface area contributed by atoms with Gasteiger partial charge in [0.25, 0.3) is 0 Å². The number of hydrogen-bond donors (Lipinski definition) is 0. The van der Waals surface area contributed by atoms with Gasteiger partial charge in [-0.05, 0) is 24.0 Å². The summed E-state index contributed by atoms with van der Waals surface area (Å²) >= 11 is 0. The average molecular weight is 232 g/mol. The van der Waals surface area contributed by atoms with Crippen molar-refractivity contribution in [3.05, 3.63) is 54.8 Å². The molecule has 92 valence electrons. The highest BCUT2D eigenvalue weighted by molar-refractivity contribution is 5.47. The van der Waals surface area contributed by atoms with Gasteiger partial charge in [-0.25, -0.2) is 0 Å². The molecule has 0 heterocycles. The first-order valence-electron chi connectivity index (χ1n) is 5.88. The number of ether oxygens (including phenoxy) is 2. The van der Waals surface area contributed by atoms with Gasteiger partial charge in [0.1, 0.15) is 0 Å². The highest BCUT2D eigenvalue weighted by Gasteiger charge is 1.94. The third kappa shape index (κ3) is 5.93. The Kier molecular flexibility index (Phi) is 6.84. The Morgan fingerprint density at radius 1 is 1.00 bits per heavy atom.